The molecule has 1 unspecified atom stereocenters. The summed E-state index contributed by atoms with van der Waals surface area (Å²) >= 11 is 0. The molecule has 2 N–H and O–H groups in total. The number of anilines is 1. The van der Waals surface area contributed by atoms with Crippen LogP contribution in [0.15, 0.2) is 72.8 Å². The molecule has 0 spiro atoms. The fourth-order valence-corrected chi connectivity index (χ4v) is 3.88. The predicted molar refractivity (Wildman–Crippen MR) is 137 cm³/mol. The Morgan fingerprint density at radius 1 is 0.895 bits per heavy atom. The molecule has 10 nitrogen and oxygen atoms in total. The highest BCUT2D eigenvalue weighted by atomic mass is 16.7. The van der Waals surface area contributed by atoms with Crippen molar-refractivity contribution in [3.63, 3.8) is 0 Å². The Morgan fingerprint density at radius 2 is 1.55 bits per heavy atom. The lowest BCUT2D eigenvalue weighted by Gasteiger charge is -2.21. The number of nitrogens with zero attached hydrogens (tertiary/aromatic N) is 1. The third-order valence-electron chi connectivity index (χ3n) is 5.82. The van der Waals surface area contributed by atoms with Gasteiger partial charge in [-0.15, -0.1) is 0 Å². The molecule has 38 heavy (non-hydrogen) atoms. The zero-order valence-corrected chi connectivity index (χ0v) is 20.7. The second-order valence-corrected chi connectivity index (χ2v) is 8.38. The SMILES string of the molecule is CCOC(=O)Oc1ccc(C(=O)NCc2cccc(NC(=O)C(C)N3C(=O)c4ccccc4C3=O)c2)cc1. The van der Waals surface area contributed by atoms with E-state index in [9.17, 15) is 24.0 Å². The molecule has 0 saturated carbocycles. The lowest BCUT2D eigenvalue weighted by atomic mass is 10.1. The number of amides is 4. The van der Waals surface area contributed by atoms with E-state index in [1.807, 2.05) is 0 Å². The van der Waals surface area contributed by atoms with E-state index in [0.717, 1.165) is 4.90 Å². The quantitative estimate of drug-likeness (QED) is 0.265. The van der Waals surface area contributed by atoms with Crippen LogP contribution >= 0.6 is 0 Å². The smallest absolute Gasteiger partial charge is 0.434 e. The highest BCUT2D eigenvalue weighted by Gasteiger charge is 2.40. The summed E-state index contributed by atoms with van der Waals surface area (Å²) in [6.07, 6.45) is -0.824. The van der Waals surface area contributed by atoms with E-state index in [1.54, 1.807) is 55.5 Å². The number of carbonyl (C=O) groups excluding carboxylic acids is 5. The third kappa shape index (κ3) is 5.70. The third-order valence-corrected chi connectivity index (χ3v) is 5.82. The largest absolute Gasteiger partial charge is 0.513 e. The van der Waals surface area contributed by atoms with Gasteiger partial charge in [-0.25, -0.2) is 4.79 Å². The molecule has 1 aliphatic heterocycles. The molecule has 194 valence electrons. The van der Waals surface area contributed by atoms with Crippen molar-refractivity contribution in [1.29, 1.82) is 0 Å². The molecule has 3 aromatic carbocycles. The molecule has 0 bridgehead atoms. The number of nitrogens with one attached hydrogen (secondary N) is 2. The van der Waals surface area contributed by atoms with Crippen molar-refractivity contribution < 1.29 is 33.4 Å². The van der Waals surface area contributed by atoms with Crippen LogP contribution in [-0.4, -0.2) is 47.3 Å². The van der Waals surface area contributed by atoms with E-state index in [1.165, 1.54) is 31.2 Å². The van der Waals surface area contributed by atoms with Crippen molar-refractivity contribution in [2.24, 2.45) is 0 Å². The number of benzene rings is 3. The molecule has 0 saturated heterocycles. The second kappa shape index (κ2) is 11.4. The summed E-state index contributed by atoms with van der Waals surface area (Å²) in [6.45, 7) is 3.52. The van der Waals surface area contributed by atoms with Gasteiger partial charge in [0.1, 0.15) is 11.8 Å². The Morgan fingerprint density at radius 3 is 2.18 bits per heavy atom. The first-order valence-corrected chi connectivity index (χ1v) is 11.9. The summed E-state index contributed by atoms with van der Waals surface area (Å²) in [5.74, 6) is -1.64. The molecule has 4 amide bonds. The van der Waals surface area contributed by atoms with Crippen molar-refractivity contribution in [2.45, 2.75) is 26.4 Å². The molecule has 10 heteroatoms. The zero-order valence-electron chi connectivity index (χ0n) is 20.7. The lowest BCUT2D eigenvalue weighted by molar-refractivity contribution is -0.119. The van der Waals surface area contributed by atoms with Crippen LogP contribution in [0, 0.1) is 0 Å². The highest BCUT2D eigenvalue weighted by molar-refractivity contribution is 6.23. The normalized spacial score (nSPS) is 12.9. The van der Waals surface area contributed by atoms with Gasteiger partial charge in [0.2, 0.25) is 5.91 Å². The van der Waals surface area contributed by atoms with Gasteiger partial charge in [0.25, 0.3) is 17.7 Å². The van der Waals surface area contributed by atoms with Crippen molar-refractivity contribution in [1.82, 2.24) is 10.2 Å². The van der Waals surface area contributed by atoms with Crippen molar-refractivity contribution in [2.75, 3.05) is 11.9 Å². The number of fused-ring (bicyclic) bond motifs is 1. The molecule has 3 aromatic rings. The summed E-state index contributed by atoms with van der Waals surface area (Å²) in [4.78, 5) is 63.1. The minimum atomic E-state index is -1.03. The number of hydrogen-bond donors (Lipinski definition) is 2. The van der Waals surface area contributed by atoms with Crippen LogP contribution < -0.4 is 15.4 Å². The molecule has 0 radical (unpaired) electrons. The maximum absolute atomic E-state index is 12.9. The number of ether oxygens (including phenoxy) is 2. The average Bonchev–Trinajstić information content (AvgIpc) is 3.17. The Labute approximate surface area is 218 Å². The summed E-state index contributed by atoms with van der Waals surface area (Å²) in [7, 11) is 0. The fraction of sp³-hybridized carbons (Fsp3) is 0.179. The number of carbonyl (C=O) groups is 5. The van der Waals surface area contributed by atoms with Crippen LogP contribution in [0.5, 0.6) is 5.75 Å². The molecular weight excluding hydrogens is 490 g/mol. The van der Waals surface area contributed by atoms with Crippen LogP contribution in [0.2, 0.25) is 0 Å². The van der Waals surface area contributed by atoms with Gasteiger partial charge < -0.3 is 20.1 Å². The van der Waals surface area contributed by atoms with Crippen LogP contribution in [0.3, 0.4) is 0 Å². The summed E-state index contributed by atoms with van der Waals surface area (Å²) in [6, 6.07) is 18.3. The fourth-order valence-electron chi connectivity index (χ4n) is 3.88. The lowest BCUT2D eigenvalue weighted by Crippen LogP contribution is -2.45. The van der Waals surface area contributed by atoms with Gasteiger partial charge in [-0.3, -0.25) is 24.1 Å². The maximum atomic E-state index is 12.9. The molecule has 1 atom stereocenters. The Bertz CT molecular complexity index is 1370. The van der Waals surface area contributed by atoms with Crippen molar-refractivity contribution >= 4 is 35.5 Å². The van der Waals surface area contributed by atoms with Crippen LogP contribution in [0.25, 0.3) is 0 Å². The molecule has 0 aliphatic carbocycles. The Balaban J connectivity index is 1.33. The Hall–Kier alpha value is -4.99. The van der Waals surface area contributed by atoms with Gasteiger partial charge in [0.15, 0.2) is 0 Å². The van der Waals surface area contributed by atoms with E-state index < -0.39 is 29.9 Å². The predicted octanol–water partition coefficient (Wildman–Crippen LogP) is 3.78. The zero-order chi connectivity index (χ0) is 27.2. The van der Waals surface area contributed by atoms with E-state index in [4.69, 9.17) is 9.47 Å². The minimum absolute atomic E-state index is 0.178. The van der Waals surface area contributed by atoms with Gasteiger partial charge in [-0.2, -0.15) is 0 Å². The minimum Gasteiger partial charge on any atom is -0.434 e. The van der Waals surface area contributed by atoms with Crippen molar-refractivity contribution in [3.8, 4) is 5.75 Å². The first kappa shape index (κ1) is 26.1. The van der Waals surface area contributed by atoms with E-state index >= 15 is 0 Å². The molecule has 1 aliphatic rings. The van der Waals surface area contributed by atoms with Gasteiger partial charge in [-0.1, -0.05) is 24.3 Å². The summed E-state index contributed by atoms with van der Waals surface area (Å²) < 4.78 is 9.68. The van der Waals surface area contributed by atoms with Crippen LogP contribution in [0.4, 0.5) is 10.5 Å². The summed E-state index contributed by atoms with van der Waals surface area (Å²) in [5.41, 5.74) is 2.07. The van der Waals surface area contributed by atoms with E-state index in [2.05, 4.69) is 10.6 Å². The van der Waals surface area contributed by atoms with E-state index in [0.29, 0.717) is 16.8 Å². The maximum Gasteiger partial charge on any atom is 0.513 e. The molecule has 0 fully saturated rings. The van der Waals surface area contributed by atoms with Crippen molar-refractivity contribution in [3.05, 3.63) is 95.1 Å². The molecule has 1 heterocycles. The van der Waals surface area contributed by atoms with Gasteiger partial charge in [-0.05, 0) is 67.9 Å². The molecule has 4 rings (SSSR count). The molecule has 0 aromatic heterocycles. The number of hydrogen-bond acceptors (Lipinski definition) is 7. The first-order chi connectivity index (χ1) is 18.3. The standard InChI is InChI=1S/C28H25N3O7/c1-3-37-28(36)38-21-13-11-19(12-14-21)25(33)29-16-18-7-6-8-20(15-18)30-24(32)17(2)31-26(34)22-9-4-5-10-23(22)27(31)35/h4-15,17H,3,16H2,1-2H3,(H,29,33)(H,30,32). The number of imide groups is 1. The van der Waals surface area contributed by atoms with Gasteiger partial charge >= 0.3 is 6.16 Å². The van der Waals surface area contributed by atoms with Crippen LogP contribution in [-0.2, 0) is 16.1 Å². The summed E-state index contributed by atoms with van der Waals surface area (Å²) in [5, 5.41) is 5.51. The van der Waals surface area contributed by atoms with Crippen LogP contribution in [0.1, 0.15) is 50.5 Å². The monoisotopic (exact) mass is 515 g/mol. The topological polar surface area (TPSA) is 131 Å². The second-order valence-electron chi connectivity index (χ2n) is 8.38. The van der Waals surface area contributed by atoms with Gasteiger partial charge in [0, 0.05) is 17.8 Å². The van der Waals surface area contributed by atoms with Gasteiger partial charge in [0.05, 0.1) is 17.7 Å². The average molecular weight is 516 g/mol. The van der Waals surface area contributed by atoms with E-state index in [-0.39, 0.29) is 35.9 Å². The highest BCUT2D eigenvalue weighted by Crippen LogP contribution is 2.25. The Kier molecular flexibility index (Phi) is 7.81. The first-order valence-electron chi connectivity index (χ1n) is 11.9. The molecular formula is C28H25N3O7. The number of rotatable bonds is 8.